The largest absolute Gasteiger partial charge is 0.397 e. The lowest BCUT2D eigenvalue weighted by Crippen LogP contribution is -2.08. The highest BCUT2D eigenvalue weighted by atomic mass is 32.2. The van der Waals surface area contributed by atoms with Gasteiger partial charge in [0.2, 0.25) is 0 Å². The quantitative estimate of drug-likeness (QED) is 0.753. The second-order valence-electron chi connectivity index (χ2n) is 4.82. The van der Waals surface area contributed by atoms with Crippen molar-refractivity contribution in [2.75, 3.05) is 5.73 Å². The second-order valence-corrected chi connectivity index (χ2v) is 7.89. The zero-order chi connectivity index (χ0) is 15.0. The molecule has 0 spiro atoms. The van der Waals surface area contributed by atoms with Gasteiger partial charge in [0.05, 0.1) is 20.8 Å². The minimum Gasteiger partial charge on any atom is -0.397 e. The molecule has 108 valence electrons. The Morgan fingerprint density at radius 1 is 1.14 bits per heavy atom. The van der Waals surface area contributed by atoms with Gasteiger partial charge in [-0.3, -0.25) is 0 Å². The number of nitrogens with two attached hydrogens (primary N) is 1. The van der Waals surface area contributed by atoms with Crippen LogP contribution in [0, 0.1) is 6.92 Å². The van der Waals surface area contributed by atoms with Gasteiger partial charge in [-0.15, -0.1) is 11.3 Å². The topological polar surface area (TPSA) is 73.0 Å². The number of nitrogen functional groups attached to an aromatic ring is 1. The van der Waals surface area contributed by atoms with E-state index in [4.69, 9.17) is 5.73 Å². The highest BCUT2D eigenvalue weighted by Crippen LogP contribution is 2.28. The molecule has 0 aliphatic heterocycles. The third-order valence-corrected chi connectivity index (χ3v) is 6.17. The summed E-state index contributed by atoms with van der Waals surface area (Å²) in [7, 11) is -3.49. The summed E-state index contributed by atoms with van der Waals surface area (Å²) < 4.78 is 26.1. The summed E-state index contributed by atoms with van der Waals surface area (Å²) in [5.74, 6) is -0.125. The molecule has 4 nitrogen and oxygen atoms in total. The van der Waals surface area contributed by atoms with Gasteiger partial charge in [-0.05, 0) is 30.7 Å². The number of hydrogen-bond acceptors (Lipinski definition) is 5. The Morgan fingerprint density at radius 3 is 2.67 bits per heavy atom. The number of thiazole rings is 1. The lowest BCUT2D eigenvalue weighted by atomic mass is 10.2. The molecule has 21 heavy (non-hydrogen) atoms. The first-order valence-corrected chi connectivity index (χ1v) is 8.86. The summed E-state index contributed by atoms with van der Waals surface area (Å²) in [5, 5.41) is 0.581. The second kappa shape index (κ2) is 5.13. The summed E-state index contributed by atoms with van der Waals surface area (Å²) in [6.45, 7) is 1.80. The van der Waals surface area contributed by atoms with Gasteiger partial charge >= 0.3 is 0 Å². The van der Waals surface area contributed by atoms with E-state index in [1.54, 1.807) is 25.1 Å². The van der Waals surface area contributed by atoms with Gasteiger partial charge in [0, 0.05) is 0 Å². The zero-order valence-corrected chi connectivity index (χ0v) is 13.0. The molecule has 0 fully saturated rings. The maximum atomic E-state index is 12.5. The summed E-state index contributed by atoms with van der Waals surface area (Å²) >= 11 is 1.40. The van der Waals surface area contributed by atoms with Crippen molar-refractivity contribution in [3.63, 3.8) is 0 Å². The Labute approximate surface area is 127 Å². The number of hydrogen-bond donors (Lipinski definition) is 1. The van der Waals surface area contributed by atoms with Crippen LogP contribution in [0.15, 0.2) is 47.4 Å². The number of nitrogens with zero attached hydrogens (tertiary/aromatic N) is 1. The predicted molar refractivity (Wildman–Crippen MR) is 86.1 cm³/mol. The van der Waals surface area contributed by atoms with Crippen molar-refractivity contribution in [1.29, 1.82) is 0 Å². The molecule has 0 unspecified atom stereocenters. The average Bonchev–Trinajstić information content (AvgIpc) is 2.82. The molecule has 0 aliphatic carbocycles. The number of aryl methyl sites for hydroxylation is 1. The summed E-state index contributed by atoms with van der Waals surface area (Å²) in [5.41, 5.74) is 7.81. The summed E-state index contributed by atoms with van der Waals surface area (Å²) in [6, 6.07) is 12.7. The van der Waals surface area contributed by atoms with Crippen LogP contribution >= 0.6 is 11.3 Å². The Hall–Kier alpha value is -1.92. The minimum atomic E-state index is -3.49. The van der Waals surface area contributed by atoms with Gasteiger partial charge in [0.25, 0.3) is 0 Å². The first kappa shape index (κ1) is 14.0. The Kier molecular flexibility index (Phi) is 3.43. The molecule has 6 heteroatoms. The third-order valence-electron chi connectivity index (χ3n) is 3.27. The highest BCUT2D eigenvalue weighted by Gasteiger charge is 2.21. The van der Waals surface area contributed by atoms with Crippen LogP contribution in [0.4, 0.5) is 5.69 Å². The first-order valence-electron chi connectivity index (χ1n) is 6.40. The number of rotatable bonds is 3. The van der Waals surface area contributed by atoms with Crippen LogP contribution in [0.3, 0.4) is 0 Å². The van der Waals surface area contributed by atoms with Gasteiger partial charge < -0.3 is 5.73 Å². The standard InChI is InChI=1S/C15H14N2O2S2/c1-10-5-4-8-13(15(10)16)21(18,19)9-14-17-11-6-2-3-7-12(11)20-14/h2-8H,9,16H2,1H3. The molecule has 0 atom stereocenters. The van der Waals surface area contributed by atoms with Gasteiger partial charge in [0.1, 0.15) is 10.8 Å². The molecule has 3 rings (SSSR count). The Bertz CT molecular complexity index is 881. The molecule has 0 bridgehead atoms. The molecule has 0 amide bonds. The lowest BCUT2D eigenvalue weighted by Gasteiger charge is -2.08. The van der Waals surface area contributed by atoms with Crippen molar-refractivity contribution >= 4 is 37.1 Å². The number of aromatic nitrogens is 1. The van der Waals surface area contributed by atoms with E-state index in [0.29, 0.717) is 10.7 Å². The molecular formula is C15H14N2O2S2. The molecule has 0 saturated heterocycles. The zero-order valence-electron chi connectivity index (χ0n) is 11.4. The molecule has 0 saturated carbocycles. The molecule has 2 N–H and O–H groups in total. The molecule has 0 radical (unpaired) electrons. The predicted octanol–water partition coefficient (Wildman–Crippen LogP) is 3.16. The molecule has 0 aliphatic rings. The maximum absolute atomic E-state index is 12.5. The van der Waals surface area contributed by atoms with Crippen molar-refractivity contribution < 1.29 is 8.42 Å². The van der Waals surface area contributed by atoms with Crippen molar-refractivity contribution in [1.82, 2.24) is 4.98 Å². The smallest absolute Gasteiger partial charge is 0.186 e. The van der Waals surface area contributed by atoms with E-state index in [9.17, 15) is 8.42 Å². The number of sulfone groups is 1. The van der Waals surface area contributed by atoms with Gasteiger partial charge in [-0.1, -0.05) is 24.3 Å². The number of anilines is 1. The summed E-state index contributed by atoms with van der Waals surface area (Å²) in [6.07, 6.45) is 0. The number of benzene rings is 2. The fraction of sp³-hybridized carbons (Fsp3) is 0.133. The Morgan fingerprint density at radius 2 is 1.90 bits per heavy atom. The SMILES string of the molecule is Cc1cccc(S(=O)(=O)Cc2nc3ccccc3s2)c1N. The average molecular weight is 318 g/mol. The van der Waals surface area contributed by atoms with E-state index < -0.39 is 9.84 Å². The fourth-order valence-electron chi connectivity index (χ4n) is 2.15. The lowest BCUT2D eigenvalue weighted by molar-refractivity contribution is 0.595. The monoisotopic (exact) mass is 318 g/mol. The minimum absolute atomic E-state index is 0.125. The van der Waals surface area contributed by atoms with E-state index in [0.717, 1.165) is 15.8 Å². The normalized spacial score (nSPS) is 11.9. The van der Waals surface area contributed by atoms with E-state index >= 15 is 0 Å². The van der Waals surface area contributed by atoms with Crippen LogP contribution in [0.2, 0.25) is 0 Å². The molecule has 1 heterocycles. The molecular weight excluding hydrogens is 304 g/mol. The van der Waals surface area contributed by atoms with E-state index in [1.807, 2.05) is 24.3 Å². The van der Waals surface area contributed by atoms with E-state index in [-0.39, 0.29) is 10.6 Å². The van der Waals surface area contributed by atoms with E-state index in [1.165, 1.54) is 11.3 Å². The van der Waals surface area contributed by atoms with Gasteiger partial charge in [-0.2, -0.15) is 0 Å². The van der Waals surface area contributed by atoms with Gasteiger partial charge in [0.15, 0.2) is 9.84 Å². The van der Waals surface area contributed by atoms with Crippen LogP contribution in [-0.2, 0) is 15.6 Å². The van der Waals surface area contributed by atoms with Crippen molar-refractivity contribution in [2.45, 2.75) is 17.6 Å². The van der Waals surface area contributed by atoms with Crippen molar-refractivity contribution in [3.8, 4) is 0 Å². The number of para-hydroxylation sites is 2. The molecule has 3 aromatic rings. The van der Waals surface area contributed by atoms with Crippen LogP contribution in [0.1, 0.15) is 10.6 Å². The molecule has 1 aromatic heterocycles. The molecule has 2 aromatic carbocycles. The highest BCUT2D eigenvalue weighted by molar-refractivity contribution is 7.91. The van der Waals surface area contributed by atoms with Gasteiger partial charge in [-0.25, -0.2) is 13.4 Å². The first-order chi connectivity index (χ1) is 9.97. The third kappa shape index (κ3) is 2.64. The fourth-order valence-corrected chi connectivity index (χ4v) is 4.94. The van der Waals surface area contributed by atoms with Crippen LogP contribution < -0.4 is 5.73 Å². The Balaban J connectivity index is 2.01. The van der Waals surface area contributed by atoms with Crippen LogP contribution in [-0.4, -0.2) is 13.4 Å². The van der Waals surface area contributed by atoms with Crippen molar-refractivity contribution in [2.24, 2.45) is 0 Å². The van der Waals surface area contributed by atoms with Crippen LogP contribution in [0.25, 0.3) is 10.2 Å². The summed E-state index contributed by atoms with van der Waals surface area (Å²) in [4.78, 5) is 4.56. The van der Waals surface area contributed by atoms with E-state index in [2.05, 4.69) is 4.98 Å². The number of fused-ring (bicyclic) bond motifs is 1. The van der Waals surface area contributed by atoms with Crippen molar-refractivity contribution in [3.05, 3.63) is 53.0 Å². The van der Waals surface area contributed by atoms with Crippen LogP contribution in [0.5, 0.6) is 0 Å². The maximum Gasteiger partial charge on any atom is 0.186 e.